The van der Waals surface area contributed by atoms with Crippen LogP contribution in [-0.2, 0) is 90.0 Å². The summed E-state index contributed by atoms with van der Waals surface area (Å²) < 4.78 is 110. The average Bonchev–Trinajstić information content (AvgIpc) is 2.33. The van der Waals surface area contributed by atoms with Gasteiger partial charge in [0.1, 0.15) is 171 Å². The van der Waals surface area contributed by atoms with Crippen molar-refractivity contribution in [3.63, 3.8) is 0 Å². The normalized spacial score (nSPS) is 50.5. The third kappa shape index (κ3) is 14.3. The molecule has 492 valence electrons. The lowest BCUT2D eigenvalue weighted by molar-refractivity contribution is -0.400. The first kappa shape index (κ1) is 70.0. The van der Waals surface area contributed by atoms with Gasteiger partial charge >= 0.3 is 0 Å². The van der Waals surface area contributed by atoms with E-state index in [4.69, 9.17) is 90.0 Å². The van der Waals surface area contributed by atoms with Gasteiger partial charge in [-0.2, -0.15) is 0 Å². The van der Waals surface area contributed by atoms with E-state index in [1.807, 2.05) is 0 Å². The van der Waals surface area contributed by atoms with Crippen molar-refractivity contribution in [2.75, 3.05) is 88.9 Å². The number of ether oxygens (including phenoxy) is 19. The van der Waals surface area contributed by atoms with Gasteiger partial charge in [-0.15, -0.1) is 0 Å². The lowest BCUT2D eigenvalue weighted by atomic mass is 9.94. The molecule has 0 aromatic carbocycles. The highest BCUT2D eigenvalue weighted by Gasteiger charge is 2.59. The molecule has 0 aromatic rings. The largest absolute Gasteiger partial charge is 0.394 e. The molecule has 17 N–H and O–H groups in total. The minimum absolute atomic E-state index is 0.727. The van der Waals surface area contributed by atoms with E-state index in [1.165, 1.54) is 14.2 Å². The van der Waals surface area contributed by atoms with Crippen molar-refractivity contribution in [2.24, 2.45) is 0 Å². The van der Waals surface area contributed by atoms with Crippen LogP contribution in [0.15, 0.2) is 0 Å². The zero-order chi connectivity index (χ0) is 61.6. The van der Waals surface area contributed by atoms with E-state index < -0.39 is 261 Å². The van der Waals surface area contributed by atoms with Crippen LogP contribution < -0.4 is 0 Å². The number of aliphatic hydroxyl groups is 17. The summed E-state index contributed by atoms with van der Waals surface area (Å²) in [5, 5.41) is 183. The van der Waals surface area contributed by atoms with E-state index in [-0.39, 0.29) is 0 Å². The molecule has 0 bridgehead atoms. The van der Waals surface area contributed by atoms with Crippen molar-refractivity contribution < 1.29 is 177 Å². The molecule has 0 saturated carbocycles. The summed E-state index contributed by atoms with van der Waals surface area (Å²) in [6.45, 7) is -5.79. The average molecular weight is 1240 g/mol. The van der Waals surface area contributed by atoms with Gasteiger partial charge in [0.05, 0.1) is 46.2 Å². The number of hydrogen-bond donors (Lipinski definition) is 17. The molecule has 36 nitrogen and oxygen atoms in total. The summed E-state index contributed by atoms with van der Waals surface area (Å²) in [5.74, 6) is 0. The minimum Gasteiger partial charge on any atom is -0.394 e. The van der Waals surface area contributed by atoms with Crippen molar-refractivity contribution in [3.8, 4) is 0 Å². The Bertz CT molecular complexity index is 1920. The molecule has 84 heavy (non-hydrogen) atoms. The molecule has 0 radical (unpaired) electrons. The standard InChI is InChI=1S/C48H84O36/c1-66-36-24(59)42(65)72-15(8-50)30(36)80-44-26(61)38(68-3)32(17(10-52)75-44)82-46-28(63)40(70-5)34(19(12-54)77-46)84-48-29(64)41(71-6)35(20(13-55)78-48)83-47-27(62)39(69-4)33(18(11-53)76-47)81-45-25(60)37(67-2)31(16(9-51)74-45)79-43-23(58)22(57)21(56)14(7-49)73-43/h14-65H,7-13H2,1-6H3/t14-,15-,16-,17-,18-,19-,20-,21-,22+,23+,24+,25+,26+,27+,28+,29+,30-,31-,32-,33-,34-,35-,36-,37-,38-,39-,40-,41-,42+,43-,44-,45-,46-,47-,48-/m1/s1. The van der Waals surface area contributed by atoms with E-state index in [0.29, 0.717) is 0 Å². The predicted octanol–water partition coefficient (Wildman–Crippen LogP) is -12.4. The SMILES string of the molecule is CO[C@@H]1[C@H](O)[C@@H](O[C@H]2[C@H](OC)[C@H](O)[C@@H](O[C@H]3[C@H](OC)[C@H](O)[C@@H](O[C@H]4[C@H](OC)[C@H](O)[C@@H](O[C@H]5[C@H](OC)[C@H](O)[C@@H](O[C@H]6[C@H](OC)[C@H](O)[C@@H](O)O[C@@H]6CO)O[C@@H]5CO)O[C@@H]4CO)O[C@@H]3CO)O[C@@H]2CO)O[C@H](CO)[C@H]1O[C@H]1O[C@H](CO)[C@@H](O)[C@H](O)[C@@H]1O. The van der Waals surface area contributed by atoms with Gasteiger partial charge in [-0.25, -0.2) is 0 Å². The van der Waals surface area contributed by atoms with Crippen molar-refractivity contribution >= 4 is 0 Å². The number of hydrogen-bond acceptors (Lipinski definition) is 36. The second-order valence-corrected chi connectivity index (χ2v) is 20.8. The summed E-state index contributed by atoms with van der Waals surface area (Å²) >= 11 is 0. The van der Waals surface area contributed by atoms with Crippen LogP contribution >= 0.6 is 0 Å². The Morgan fingerprint density at radius 2 is 0.405 bits per heavy atom. The van der Waals surface area contributed by atoms with Crippen LogP contribution in [0.4, 0.5) is 0 Å². The van der Waals surface area contributed by atoms with E-state index in [9.17, 15) is 86.8 Å². The molecule has 0 unspecified atom stereocenters. The Morgan fingerprint density at radius 1 is 0.214 bits per heavy atom. The summed E-state index contributed by atoms with van der Waals surface area (Å²) in [5.41, 5.74) is 0. The molecule has 7 fully saturated rings. The Morgan fingerprint density at radius 3 is 0.619 bits per heavy atom. The Labute approximate surface area is 480 Å². The maximum atomic E-state index is 11.8. The number of aliphatic hydroxyl groups excluding tert-OH is 17. The molecule has 35 atom stereocenters. The van der Waals surface area contributed by atoms with Crippen LogP contribution in [0.3, 0.4) is 0 Å². The Kier molecular flexibility index (Phi) is 26.3. The van der Waals surface area contributed by atoms with Gasteiger partial charge in [-0.3, -0.25) is 0 Å². The second-order valence-electron chi connectivity index (χ2n) is 20.8. The van der Waals surface area contributed by atoms with Gasteiger partial charge in [0, 0.05) is 42.7 Å². The fourth-order valence-corrected chi connectivity index (χ4v) is 11.5. The second kappa shape index (κ2) is 31.5. The van der Waals surface area contributed by atoms with Crippen LogP contribution in [0.2, 0.25) is 0 Å². The first-order valence-corrected chi connectivity index (χ1v) is 27.0. The monoisotopic (exact) mass is 1240 g/mol. The zero-order valence-corrected chi connectivity index (χ0v) is 46.5. The van der Waals surface area contributed by atoms with Crippen molar-refractivity contribution in [3.05, 3.63) is 0 Å². The zero-order valence-electron chi connectivity index (χ0n) is 46.5. The molecule has 0 amide bonds. The Hall–Kier alpha value is -1.44. The predicted molar refractivity (Wildman–Crippen MR) is 261 cm³/mol. The van der Waals surface area contributed by atoms with Crippen LogP contribution in [0.25, 0.3) is 0 Å². The molecule has 7 aliphatic rings. The summed E-state index contributed by atoms with van der Waals surface area (Å²) in [6.07, 6.45) is -56.2. The molecular formula is C48H84O36. The van der Waals surface area contributed by atoms with Crippen LogP contribution in [0, 0.1) is 0 Å². The molecule has 0 spiro atoms. The fourth-order valence-electron chi connectivity index (χ4n) is 11.5. The maximum Gasteiger partial charge on any atom is 0.187 e. The summed E-state index contributed by atoms with van der Waals surface area (Å²) in [7, 11) is 6.99. The van der Waals surface area contributed by atoms with Crippen LogP contribution in [-0.4, -0.2) is 391 Å². The molecule has 7 heterocycles. The van der Waals surface area contributed by atoms with Gasteiger partial charge in [0.15, 0.2) is 44.0 Å². The molecule has 7 aliphatic heterocycles. The summed E-state index contributed by atoms with van der Waals surface area (Å²) in [4.78, 5) is 0. The molecule has 0 aromatic heterocycles. The first-order chi connectivity index (χ1) is 40.2. The minimum atomic E-state index is -1.88. The highest BCUT2D eigenvalue weighted by Crippen LogP contribution is 2.39. The highest BCUT2D eigenvalue weighted by atomic mass is 16.8. The number of methoxy groups -OCH3 is 6. The summed E-state index contributed by atoms with van der Waals surface area (Å²) in [6, 6.07) is 0. The number of rotatable bonds is 25. The van der Waals surface area contributed by atoms with Crippen molar-refractivity contribution in [1.82, 2.24) is 0 Å². The van der Waals surface area contributed by atoms with E-state index in [0.717, 1.165) is 28.4 Å². The molecule has 7 saturated heterocycles. The third-order valence-electron chi connectivity index (χ3n) is 16.0. The van der Waals surface area contributed by atoms with Crippen molar-refractivity contribution in [1.29, 1.82) is 0 Å². The van der Waals surface area contributed by atoms with E-state index >= 15 is 0 Å². The lowest BCUT2D eigenvalue weighted by Gasteiger charge is -2.51. The van der Waals surface area contributed by atoms with Crippen LogP contribution in [0.5, 0.6) is 0 Å². The van der Waals surface area contributed by atoms with Gasteiger partial charge in [0.25, 0.3) is 0 Å². The molecular weight excluding hydrogens is 1150 g/mol. The lowest BCUT2D eigenvalue weighted by Crippen LogP contribution is -2.69. The van der Waals surface area contributed by atoms with E-state index in [2.05, 4.69) is 0 Å². The molecule has 36 heteroatoms. The van der Waals surface area contributed by atoms with E-state index in [1.54, 1.807) is 0 Å². The molecule has 7 rings (SSSR count). The van der Waals surface area contributed by atoms with Gasteiger partial charge < -0.3 is 177 Å². The quantitative estimate of drug-likeness (QED) is 0.0404. The fraction of sp³-hybridized carbons (Fsp3) is 1.00. The first-order valence-electron chi connectivity index (χ1n) is 27.0. The highest BCUT2D eigenvalue weighted by molar-refractivity contribution is 5.02. The van der Waals surface area contributed by atoms with Gasteiger partial charge in [-0.1, -0.05) is 0 Å². The van der Waals surface area contributed by atoms with Gasteiger partial charge in [0.2, 0.25) is 0 Å². The topological polar surface area (TPSA) is 519 Å². The molecule has 0 aliphatic carbocycles. The van der Waals surface area contributed by atoms with Crippen LogP contribution in [0.1, 0.15) is 0 Å². The third-order valence-corrected chi connectivity index (χ3v) is 16.0. The van der Waals surface area contributed by atoms with Gasteiger partial charge in [-0.05, 0) is 0 Å². The maximum absolute atomic E-state index is 11.8. The Balaban J connectivity index is 1.00. The van der Waals surface area contributed by atoms with Crippen molar-refractivity contribution in [2.45, 2.75) is 215 Å². The smallest absolute Gasteiger partial charge is 0.187 e.